The summed E-state index contributed by atoms with van der Waals surface area (Å²) in [4.78, 5) is 22.5. The first kappa shape index (κ1) is 30.1. The molecule has 0 amide bonds. The molecule has 6 spiro atoms. The number of ether oxygens (including phenoxy) is 5. The number of rotatable bonds is 2. The van der Waals surface area contributed by atoms with Gasteiger partial charge in [-0.25, -0.2) is 4.79 Å². The molecule has 10 heterocycles. The van der Waals surface area contributed by atoms with Crippen LogP contribution in [0.2, 0.25) is 0 Å². The van der Waals surface area contributed by atoms with Gasteiger partial charge in [0.1, 0.15) is 12.0 Å². The number of fused-ring (bicyclic) bond motifs is 7. The van der Waals surface area contributed by atoms with Crippen molar-refractivity contribution in [3.63, 3.8) is 0 Å². The Bertz CT molecular complexity index is 2110. The van der Waals surface area contributed by atoms with E-state index in [0.717, 1.165) is 107 Å². The number of benzene rings is 2. The first-order chi connectivity index (χ1) is 25.9. The maximum Gasteiger partial charge on any atom is 0.335 e. The summed E-state index contributed by atoms with van der Waals surface area (Å²) in [5.41, 5.74) is 6.10. The highest BCUT2D eigenvalue weighted by Gasteiger charge is 2.87. The van der Waals surface area contributed by atoms with Crippen molar-refractivity contribution in [2.45, 2.75) is 116 Å². The number of esters is 1. The molecule has 1 saturated carbocycles. The first-order valence-electron chi connectivity index (χ1n) is 20.5. The smallest absolute Gasteiger partial charge is 0.335 e. The average Bonchev–Trinajstić information content (AvgIpc) is 4.04. The molecular weight excluding hydrogens is 668 g/mol. The third-order valence-electron chi connectivity index (χ3n) is 18.0. The molecule has 12 unspecified atom stereocenters. The van der Waals surface area contributed by atoms with Gasteiger partial charge in [0.15, 0.2) is 0 Å². The van der Waals surface area contributed by atoms with Gasteiger partial charge in [0, 0.05) is 72.4 Å². The summed E-state index contributed by atoms with van der Waals surface area (Å²) in [5.74, 6) is 0.783. The van der Waals surface area contributed by atoms with Crippen molar-refractivity contribution >= 4 is 17.3 Å². The van der Waals surface area contributed by atoms with E-state index in [4.69, 9.17) is 23.7 Å². The highest BCUT2D eigenvalue weighted by molar-refractivity contribution is 5.93. The van der Waals surface area contributed by atoms with Crippen LogP contribution >= 0.6 is 0 Å². The standard InChI is InChI=1S/C43H48N4O6/c1-49-28-9-5-7-26-31(28)47-36-41(22-39-14-19-51-29(39)10-15-45-16-11-43(26,36)34(39)45)23-40(37(47)53-41)21-30-38(13-18-52-30)20-24(33(48)50-2)32-42(12-17-46(40)35(38)42)25-6-3-4-8-27(25)44-32/h3-9,29-30,34-37,44H,10-23H2,1-2H3. The number of piperidine rings is 3. The van der Waals surface area contributed by atoms with Gasteiger partial charge in [-0.05, 0) is 81.2 Å². The van der Waals surface area contributed by atoms with E-state index in [-0.39, 0.29) is 69.3 Å². The molecule has 2 bridgehead atoms. The summed E-state index contributed by atoms with van der Waals surface area (Å²) in [6.45, 7) is 4.81. The molecule has 14 rings (SSSR count). The van der Waals surface area contributed by atoms with Crippen LogP contribution in [0.25, 0.3) is 0 Å². The van der Waals surface area contributed by atoms with Crippen LogP contribution in [0.3, 0.4) is 0 Å². The molecule has 276 valence electrons. The molecule has 12 atom stereocenters. The van der Waals surface area contributed by atoms with Crippen LogP contribution in [-0.2, 0) is 34.6 Å². The van der Waals surface area contributed by atoms with Crippen LogP contribution < -0.4 is 15.0 Å². The van der Waals surface area contributed by atoms with Gasteiger partial charge in [-0.3, -0.25) is 9.80 Å². The van der Waals surface area contributed by atoms with Crippen LogP contribution in [0.1, 0.15) is 68.9 Å². The molecule has 9 fully saturated rings. The molecule has 53 heavy (non-hydrogen) atoms. The average molecular weight is 717 g/mol. The van der Waals surface area contributed by atoms with Crippen molar-refractivity contribution in [1.29, 1.82) is 0 Å². The fourth-order valence-corrected chi connectivity index (χ4v) is 17.2. The number of para-hydroxylation sites is 2. The van der Waals surface area contributed by atoms with Gasteiger partial charge in [-0.1, -0.05) is 30.3 Å². The quantitative estimate of drug-likeness (QED) is 0.450. The zero-order valence-electron chi connectivity index (χ0n) is 30.7. The number of hydrogen-bond donors (Lipinski definition) is 1. The molecule has 2 aromatic carbocycles. The van der Waals surface area contributed by atoms with Crippen LogP contribution in [0.5, 0.6) is 5.75 Å². The topological polar surface area (TPSA) is 85.0 Å². The number of methoxy groups -OCH3 is 2. The lowest BCUT2D eigenvalue weighted by Crippen LogP contribution is -2.79. The number of carbonyl (C=O) groups is 1. The lowest BCUT2D eigenvalue weighted by atomic mass is 9.45. The van der Waals surface area contributed by atoms with Crippen LogP contribution in [-0.4, -0.2) is 111 Å². The van der Waals surface area contributed by atoms with Crippen LogP contribution in [0.4, 0.5) is 11.4 Å². The molecule has 10 aliphatic heterocycles. The number of carbonyl (C=O) groups excluding carboxylic acids is 1. The molecule has 10 heteroatoms. The second-order valence-corrected chi connectivity index (χ2v) is 19.1. The van der Waals surface area contributed by atoms with Crippen LogP contribution in [0, 0.1) is 10.8 Å². The van der Waals surface area contributed by atoms with Gasteiger partial charge in [0.05, 0.1) is 60.3 Å². The number of hydrogen-bond acceptors (Lipinski definition) is 10. The molecule has 12 aliphatic rings. The van der Waals surface area contributed by atoms with Crippen molar-refractivity contribution in [3.05, 3.63) is 64.9 Å². The summed E-state index contributed by atoms with van der Waals surface area (Å²) in [5, 5.41) is 3.85. The summed E-state index contributed by atoms with van der Waals surface area (Å²) in [6.07, 6.45) is 9.17. The lowest BCUT2D eigenvalue weighted by Gasteiger charge is -2.66. The van der Waals surface area contributed by atoms with Gasteiger partial charge in [-0.15, -0.1) is 0 Å². The predicted octanol–water partition coefficient (Wildman–Crippen LogP) is 4.46. The molecule has 10 nitrogen and oxygen atoms in total. The minimum Gasteiger partial charge on any atom is -0.495 e. The number of nitrogens with zero attached hydrogens (tertiary/aromatic N) is 3. The minimum absolute atomic E-state index is 0.0212. The van der Waals surface area contributed by atoms with Gasteiger partial charge in [0.25, 0.3) is 0 Å². The van der Waals surface area contributed by atoms with Crippen LogP contribution in [0.15, 0.2) is 53.7 Å². The number of nitrogens with one attached hydrogen (secondary N) is 1. The Morgan fingerprint density at radius 3 is 2.60 bits per heavy atom. The SMILES string of the molecule is COC(=O)C1=C2Nc3ccccc3C23CCN2C3C3(CCOC3CC23CC24CC56CCOC5CCN5CCC7(c8cccc(OC)c8N(C27)C3O4)C56)C1. The maximum atomic E-state index is 13.8. The fourth-order valence-electron chi connectivity index (χ4n) is 17.2. The predicted molar refractivity (Wildman–Crippen MR) is 194 cm³/mol. The molecule has 0 radical (unpaired) electrons. The van der Waals surface area contributed by atoms with E-state index in [1.54, 1.807) is 0 Å². The van der Waals surface area contributed by atoms with E-state index in [9.17, 15) is 4.79 Å². The van der Waals surface area contributed by atoms with E-state index in [1.807, 2.05) is 7.11 Å². The highest BCUT2D eigenvalue weighted by Crippen LogP contribution is 2.79. The Balaban J connectivity index is 1.01. The fraction of sp³-hybridized carbons (Fsp3) is 0.651. The second kappa shape index (κ2) is 9.10. The Morgan fingerprint density at radius 2 is 1.72 bits per heavy atom. The molecule has 0 aromatic heterocycles. The Labute approximate surface area is 310 Å². The summed E-state index contributed by atoms with van der Waals surface area (Å²) >= 11 is 0. The van der Waals surface area contributed by atoms with Crippen molar-refractivity contribution in [3.8, 4) is 5.75 Å². The number of anilines is 2. The third-order valence-corrected chi connectivity index (χ3v) is 18.0. The summed E-state index contributed by atoms with van der Waals surface area (Å²) in [7, 11) is 3.39. The Hall–Kier alpha value is -3.15. The van der Waals surface area contributed by atoms with Crippen molar-refractivity contribution in [1.82, 2.24) is 9.80 Å². The van der Waals surface area contributed by atoms with E-state index < -0.39 is 0 Å². The molecule has 2 aliphatic carbocycles. The second-order valence-electron chi connectivity index (χ2n) is 19.1. The van der Waals surface area contributed by atoms with E-state index in [2.05, 4.69) is 62.5 Å². The highest BCUT2D eigenvalue weighted by atomic mass is 16.6. The zero-order chi connectivity index (χ0) is 34.9. The van der Waals surface area contributed by atoms with Gasteiger partial charge in [-0.2, -0.15) is 0 Å². The van der Waals surface area contributed by atoms with Gasteiger partial charge in [0.2, 0.25) is 0 Å². The van der Waals surface area contributed by atoms with E-state index >= 15 is 0 Å². The Kier molecular flexibility index (Phi) is 5.17. The van der Waals surface area contributed by atoms with Crippen molar-refractivity contribution in [2.24, 2.45) is 10.8 Å². The molecule has 2 aromatic rings. The molecule has 8 saturated heterocycles. The molecule has 1 N–H and O–H groups in total. The monoisotopic (exact) mass is 716 g/mol. The van der Waals surface area contributed by atoms with E-state index in [0.29, 0.717) is 12.5 Å². The lowest BCUT2D eigenvalue weighted by molar-refractivity contribution is -0.152. The Morgan fingerprint density at radius 1 is 0.868 bits per heavy atom. The zero-order valence-corrected chi connectivity index (χ0v) is 30.7. The van der Waals surface area contributed by atoms with Crippen molar-refractivity contribution < 1.29 is 28.5 Å². The van der Waals surface area contributed by atoms with Crippen molar-refractivity contribution in [2.75, 3.05) is 57.3 Å². The maximum absolute atomic E-state index is 13.8. The van der Waals surface area contributed by atoms with Gasteiger partial charge < -0.3 is 33.9 Å². The van der Waals surface area contributed by atoms with Gasteiger partial charge >= 0.3 is 5.97 Å². The van der Waals surface area contributed by atoms with E-state index in [1.165, 1.54) is 23.9 Å². The summed E-state index contributed by atoms with van der Waals surface area (Å²) in [6, 6.07) is 16.6. The minimum atomic E-state index is -0.339. The summed E-state index contributed by atoms with van der Waals surface area (Å²) < 4.78 is 33.7. The largest absolute Gasteiger partial charge is 0.495 e. The third kappa shape index (κ3) is 2.85. The normalized spacial score (nSPS) is 49.6. The first-order valence-corrected chi connectivity index (χ1v) is 20.5. The molecular formula is C43H48N4O6.